The summed E-state index contributed by atoms with van der Waals surface area (Å²) < 4.78 is 11.2. The molecule has 4 aromatic carbocycles. The zero-order valence-corrected chi connectivity index (χ0v) is 39.9. The van der Waals surface area contributed by atoms with Gasteiger partial charge >= 0.3 is 12.2 Å². The van der Waals surface area contributed by atoms with Crippen LogP contribution in [0.3, 0.4) is 0 Å². The highest BCUT2D eigenvalue weighted by Crippen LogP contribution is 2.48. The maximum absolute atomic E-state index is 13.6. The van der Waals surface area contributed by atoms with Crippen LogP contribution in [0, 0.1) is 0 Å². The van der Waals surface area contributed by atoms with Crippen molar-refractivity contribution in [3.8, 4) is 0 Å². The van der Waals surface area contributed by atoms with Crippen molar-refractivity contribution in [2.45, 2.75) is 134 Å². The monoisotopic (exact) mass is 913 g/mol. The Labute approximate surface area is 395 Å². The fraction of sp³-hybridized carbons (Fsp3) is 0.472. The highest BCUT2D eigenvalue weighted by molar-refractivity contribution is 6.00. The Morgan fingerprint density at radius 1 is 0.537 bits per heavy atom. The topological polar surface area (TPSA) is 176 Å². The minimum Gasteiger partial charge on any atom is -0.444 e. The molecule has 8 rings (SSSR count). The standard InChI is InChI=1S/C53H68N8O6/c1-52(2,3)66-50(64)59-28-10-14-46(59)48(62)56-42-22-16-36(32-40(42)54)44-24-25-45(61(44)39-20-18-38(19-21-39)58-30-26-35(27-31-58)34-12-8-7-9-13-34)37-17-23-43(41(55)33-37)57-49(63)47-15-11-29-60(47)51(65)67-53(4,5)6/h7-9,12-13,16-23,32-33,35,44-47H,10-11,14-15,24-31,54-55H2,1-6H3,(H,56,62)(H,57,63)/t44-,45-,46+,47+/m1/s1. The first kappa shape index (κ1) is 47.1. The van der Waals surface area contributed by atoms with Gasteiger partial charge in [-0.1, -0.05) is 42.5 Å². The maximum Gasteiger partial charge on any atom is 0.410 e. The highest BCUT2D eigenvalue weighted by atomic mass is 16.6. The molecule has 4 heterocycles. The van der Waals surface area contributed by atoms with Gasteiger partial charge in [-0.05, 0) is 164 Å². The summed E-state index contributed by atoms with van der Waals surface area (Å²) in [5, 5.41) is 6.01. The number of likely N-dealkylation sites (tertiary alicyclic amines) is 2. The number of rotatable bonds is 9. The predicted molar refractivity (Wildman–Crippen MR) is 265 cm³/mol. The summed E-state index contributed by atoms with van der Waals surface area (Å²) in [7, 11) is 0. The van der Waals surface area contributed by atoms with Crippen LogP contribution >= 0.6 is 0 Å². The quantitative estimate of drug-likeness (QED) is 0.118. The van der Waals surface area contributed by atoms with Gasteiger partial charge in [0.25, 0.3) is 0 Å². The van der Waals surface area contributed by atoms with Gasteiger partial charge in [0.1, 0.15) is 23.3 Å². The normalized spacial score (nSPS) is 21.3. The second-order valence-electron chi connectivity index (χ2n) is 20.5. The van der Waals surface area contributed by atoms with E-state index in [9.17, 15) is 19.2 Å². The second kappa shape index (κ2) is 19.4. The molecule has 4 aromatic rings. The molecule has 4 aliphatic heterocycles. The lowest BCUT2D eigenvalue weighted by atomic mass is 9.89. The first-order valence-corrected chi connectivity index (χ1v) is 24.0. The van der Waals surface area contributed by atoms with Crippen molar-refractivity contribution in [3.05, 3.63) is 108 Å². The zero-order valence-electron chi connectivity index (χ0n) is 39.9. The van der Waals surface area contributed by atoms with Gasteiger partial charge in [0.15, 0.2) is 0 Å². The number of carbonyl (C=O) groups is 4. The lowest BCUT2D eigenvalue weighted by Gasteiger charge is -2.36. The number of piperidine rings is 1. The first-order chi connectivity index (χ1) is 31.9. The smallest absolute Gasteiger partial charge is 0.410 e. The van der Waals surface area contributed by atoms with E-state index in [1.54, 1.807) is 0 Å². The van der Waals surface area contributed by atoms with Gasteiger partial charge in [-0.3, -0.25) is 19.4 Å². The molecule has 4 fully saturated rings. The lowest BCUT2D eigenvalue weighted by Crippen LogP contribution is -2.45. The summed E-state index contributed by atoms with van der Waals surface area (Å²) in [6, 6.07) is 29.8. The molecule has 0 bridgehead atoms. The van der Waals surface area contributed by atoms with Crippen LogP contribution in [0.4, 0.5) is 43.7 Å². The van der Waals surface area contributed by atoms with Crippen molar-refractivity contribution in [3.63, 3.8) is 0 Å². The molecule has 4 saturated heterocycles. The number of amides is 4. The molecule has 4 amide bonds. The molecule has 14 nitrogen and oxygen atoms in total. The minimum atomic E-state index is -0.673. The number of hydrogen-bond donors (Lipinski definition) is 4. The third kappa shape index (κ3) is 10.9. The van der Waals surface area contributed by atoms with Crippen molar-refractivity contribution in [2.75, 3.05) is 58.1 Å². The van der Waals surface area contributed by atoms with E-state index in [0.717, 1.165) is 55.6 Å². The fourth-order valence-electron chi connectivity index (χ4n) is 10.3. The predicted octanol–water partition coefficient (Wildman–Crippen LogP) is 9.99. The van der Waals surface area contributed by atoms with Gasteiger partial charge in [0.05, 0.1) is 34.8 Å². The number of ether oxygens (including phenoxy) is 2. The Bertz CT molecular complexity index is 2310. The number of hydrogen-bond acceptors (Lipinski definition) is 10. The van der Waals surface area contributed by atoms with Gasteiger partial charge in [0.2, 0.25) is 11.8 Å². The van der Waals surface area contributed by atoms with E-state index in [1.807, 2.05) is 77.9 Å². The molecule has 0 radical (unpaired) electrons. The second-order valence-corrected chi connectivity index (χ2v) is 20.5. The number of nitrogens with zero attached hydrogens (tertiary/aromatic N) is 4. The number of nitrogens with two attached hydrogens (primary N) is 2. The van der Waals surface area contributed by atoms with Crippen LogP contribution in [0.2, 0.25) is 0 Å². The molecule has 67 heavy (non-hydrogen) atoms. The lowest BCUT2D eigenvalue weighted by molar-refractivity contribution is -0.121. The average Bonchev–Trinajstić information content (AvgIpc) is 4.08. The van der Waals surface area contributed by atoms with Gasteiger partial charge in [0, 0.05) is 37.6 Å². The highest BCUT2D eigenvalue weighted by Gasteiger charge is 2.40. The first-order valence-electron chi connectivity index (χ1n) is 24.0. The van der Waals surface area contributed by atoms with Crippen molar-refractivity contribution >= 4 is 58.1 Å². The van der Waals surface area contributed by atoms with E-state index in [1.165, 1.54) is 21.1 Å². The summed E-state index contributed by atoms with van der Waals surface area (Å²) >= 11 is 0. The average molecular weight is 913 g/mol. The van der Waals surface area contributed by atoms with Crippen LogP contribution in [0.25, 0.3) is 0 Å². The largest absolute Gasteiger partial charge is 0.444 e. The van der Waals surface area contributed by atoms with Crippen LogP contribution in [-0.2, 0) is 19.1 Å². The Hall–Kier alpha value is -6.44. The van der Waals surface area contributed by atoms with Crippen molar-refractivity contribution in [1.29, 1.82) is 0 Å². The molecular weight excluding hydrogens is 845 g/mol. The molecule has 0 spiro atoms. The van der Waals surface area contributed by atoms with E-state index < -0.39 is 35.5 Å². The molecule has 14 heteroatoms. The third-order valence-electron chi connectivity index (χ3n) is 13.5. The summed E-state index contributed by atoms with van der Waals surface area (Å²) in [4.78, 5) is 61.1. The van der Waals surface area contributed by atoms with Crippen LogP contribution in [0.1, 0.15) is 128 Å². The van der Waals surface area contributed by atoms with Gasteiger partial charge in [-0.15, -0.1) is 0 Å². The van der Waals surface area contributed by atoms with Crippen LogP contribution < -0.4 is 31.9 Å². The van der Waals surface area contributed by atoms with E-state index in [2.05, 4.69) is 75.0 Å². The molecular formula is C53H68N8O6. The van der Waals surface area contributed by atoms with Crippen LogP contribution in [0.5, 0.6) is 0 Å². The minimum absolute atomic E-state index is 0.0659. The number of benzene rings is 4. The molecule has 6 N–H and O–H groups in total. The molecule has 356 valence electrons. The summed E-state index contributed by atoms with van der Waals surface area (Å²) in [5.41, 5.74) is 19.6. The van der Waals surface area contributed by atoms with Crippen molar-refractivity contribution < 1.29 is 28.7 Å². The summed E-state index contributed by atoms with van der Waals surface area (Å²) in [6.07, 6.45) is 5.33. The van der Waals surface area contributed by atoms with Crippen LogP contribution in [0.15, 0.2) is 91.0 Å². The van der Waals surface area contributed by atoms with E-state index in [-0.39, 0.29) is 23.9 Å². The molecule has 0 aromatic heterocycles. The SMILES string of the molecule is CC(C)(C)OC(=O)N1CCC[C@H]1C(=O)Nc1ccc([C@H]2CC[C@H](c3ccc(NC(=O)[C@@H]4CCCN4C(=O)OC(C)(C)C)c(N)c3)N2c2ccc(N3CCC(c4ccccc4)CC3)cc2)cc1N. The van der Waals surface area contributed by atoms with E-state index in [0.29, 0.717) is 67.4 Å². The molecule has 0 aliphatic carbocycles. The maximum atomic E-state index is 13.6. The number of nitrogens with one attached hydrogen (secondary N) is 2. The number of carbonyl (C=O) groups excluding carboxylic acids is 4. The van der Waals surface area contributed by atoms with Gasteiger partial charge < -0.3 is 41.4 Å². The Kier molecular flexibility index (Phi) is 13.6. The Morgan fingerprint density at radius 2 is 0.985 bits per heavy atom. The van der Waals surface area contributed by atoms with Crippen molar-refractivity contribution in [1.82, 2.24) is 9.80 Å². The number of nitrogen functional groups attached to an aromatic ring is 2. The van der Waals surface area contributed by atoms with E-state index in [4.69, 9.17) is 20.9 Å². The Balaban J connectivity index is 1.02. The molecule has 4 aliphatic rings. The fourth-order valence-corrected chi connectivity index (χ4v) is 10.3. The Morgan fingerprint density at radius 3 is 1.42 bits per heavy atom. The van der Waals surface area contributed by atoms with E-state index >= 15 is 0 Å². The molecule has 4 atom stereocenters. The summed E-state index contributed by atoms with van der Waals surface area (Å²) in [5.74, 6) is -0.0300. The van der Waals surface area contributed by atoms with Crippen molar-refractivity contribution in [2.24, 2.45) is 0 Å². The van der Waals surface area contributed by atoms with Gasteiger partial charge in [-0.25, -0.2) is 9.59 Å². The third-order valence-corrected chi connectivity index (χ3v) is 13.5. The zero-order chi connectivity index (χ0) is 47.6. The van der Waals surface area contributed by atoms with Crippen LogP contribution in [-0.4, -0.2) is 83.3 Å². The molecule has 0 saturated carbocycles. The molecule has 0 unspecified atom stereocenters. The summed E-state index contributed by atoms with van der Waals surface area (Å²) in [6.45, 7) is 13.7. The van der Waals surface area contributed by atoms with Gasteiger partial charge in [-0.2, -0.15) is 0 Å². The number of anilines is 6.